The normalized spacial score (nSPS) is 23.5. The number of rotatable bonds is 11. The predicted octanol–water partition coefficient (Wildman–Crippen LogP) is 3.25. The summed E-state index contributed by atoms with van der Waals surface area (Å²) in [6.07, 6.45) is 3.83. The Balaban J connectivity index is 1.56. The molecule has 0 radical (unpaired) electrons. The summed E-state index contributed by atoms with van der Waals surface area (Å²) in [5.74, 6) is -3.05. The fraction of sp³-hybridized carbons (Fsp3) is 0.852. The van der Waals surface area contributed by atoms with Gasteiger partial charge in [0.05, 0.1) is 37.7 Å². The van der Waals surface area contributed by atoms with Crippen LogP contribution in [0.2, 0.25) is 0 Å². The molecule has 1 atom stereocenters. The number of halogens is 2. The van der Waals surface area contributed by atoms with Crippen molar-refractivity contribution < 1.29 is 23.0 Å². The smallest absolute Gasteiger partial charge is 0.248 e. The van der Waals surface area contributed by atoms with E-state index in [1.54, 1.807) is 14.2 Å². The van der Waals surface area contributed by atoms with Crippen molar-refractivity contribution in [2.24, 2.45) is 11.3 Å². The summed E-state index contributed by atoms with van der Waals surface area (Å²) in [5, 5.41) is 8.25. The summed E-state index contributed by atoms with van der Waals surface area (Å²) in [6, 6.07) is 0. The average Bonchev–Trinajstić information content (AvgIpc) is 3.41. The number of methoxy groups -OCH3 is 2. The summed E-state index contributed by atoms with van der Waals surface area (Å²) in [6.45, 7) is 5.53. The van der Waals surface area contributed by atoms with E-state index >= 15 is 0 Å². The molecule has 210 valence electrons. The fourth-order valence-corrected chi connectivity index (χ4v) is 6.69. The number of fused-ring (bicyclic) bond motifs is 1. The van der Waals surface area contributed by atoms with Gasteiger partial charge in [-0.05, 0) is 52.1 Å². The third kappa shape index (κ3) is 6.52. The van der Waals surface area contributed by atoms with Crippen molar-refractivity contribution in [3.63, 3.8) is 0 Å². The van der Waals surface area contributed by atoms with Crippen molar-refractivity contribution in [1.82, 2.24) is 24.9 Å². The van der Waals surface area contributed by atoms with Crippen molar-refractivity contribution >= 4 is 5.91 Å². The zero-order valence-corrected chi connectivity index (χ0v) is 23.0. The first kappa shape index (κ1) is 28.4. The molecule has 3 aliphatic rings. The molecule has 4 rings (SSSR count). The second-order valence-electron chi connectivity index (χ2n) is 11.6. The SMILES string of the molecule is CNCCN(C)Cc1nn2c(c1C1CCC(COC)(COC)CC1)CN(C(=O)C1CCC(F)(F)C1)CC2. The number of carbonyl (C=O) groups is 1. The Bertz CT molecular complexity index is 908. The molecule has 1 unspecified atom stereocenters. The van der Waals surface area contributed by atoms with Crippen LogP contribution in [0.15, 0.2) is 0 Å². The topological polar surface area (TPSA) is 71.9 Å². The van der Waals surface area contributed by atoms with Crippen LogP contribution in [0, 0.1) is 11.3 Å². The van der Waals surface area contributed by atoms with Crippen molar-refractivity contribution in [2.45, 2.75) is 76.4 Å². The maximum absolute atomic E-state index is 13.8. The van der Waals surface area contributed by atoms with Crippen LogP contribution >= 0.6 is 0 Å². The Morgan fingerprint density at radius 1 is 1.14 bits per heavy atom. The monoisotopic (exact) mass is 525 g/mol. The number of carbonyl (C=O) groups excluding carboxylic acids is 1. The van der Waals surface area contributed by atoms with Gasteiger partial charge >= 0.3 is 0 Å². The third-order valence-electron chi connectivity index (χ3n) is 8.68. The van der Waals surface area contributed by atoms with Gasteiger partial charge in [0.2, 0.25) is 11.8 Å². The number of alkyl halides is 2. The van der Waals surface area contributed by atoms with Gasteiger partial charge in [0.1, 0.15) is 0 Å². The molecule has 10 heteroatoms. The van der Waals surface area contributed by atoms with E-state index in [2.05, 4.69) is 21.9 Å². The molecule has 1 aromatic heterocycles. The Morgan fingerprint density at radius 2 is 1.84 bits per heavy atom. The van der Waals surface area contributed by atoms with Crippen molar-refractivity contribution in [3.05, 3.63) is 17.0 Å². The lowest BCUT2D eigenvalue weighted by Gasteiger charge is -2.40. The highest BCUT2D eigenvalue weighted by atomic mass is 19.3. The maximum Gasteiger partial charge on any atom is 0.248 e. The second-order valence-corrected chi connectivity index (χ2v) is 11.6. The number of nitrogens with one attached hydrogen (secondary N) is 1. The number of nitrogens with zero attached hydrogens (tertiary/aromatic N) is 4. The summed E-state index contributed by atoms with van der Waals surface area (Å²) < 4.78 is 40.9. The van der Waals surface area contributed by atoms with Gasteiger partial charge < -0.3 is 19.7 Å². The minimum Gasteiger partial charge on any atom is -0.384 e. The minimum atomic E-state index is -2.72. The van der Waals surface area contributed by atoms with Gasteiger partial charge in [-0.1, -0.05) is 0 Å². The molecule has 1 aromatic rings. The van der Waals surface area contributed by atoms with Crippen LogP contribution in [0.3, 0.4) is 0 Å². The van der Waals surface area contributed by atoms with E-state index in [0.717, 1.165) is 56.7 Å². The fourth-order valence-electron chi connectivity index (χ4n) is 6.69. The number of hydrogen-bond acceptors (Lipinski definition) is 6. The number of hydrogen-bond donors (Lipinski definition) is 1. The first-order chi connectivity index (χ1) is 17.7. The highest BCUT2D eigenvalue weighted by Crippen LogP contribution is 2.46. The Kier molecular flexibility index (Phi) is 9.25. The molecular formula is C27H45F2N5O3. The summed E-state index contributed by atoms with van der Waals surface area (Å²) in [4.78, 5) is 17.3. The van der Waals surface area contributed by atoms with Crippen LogP contribution in [0.4, 0.5) is 8.78 Å². The largest absolute Gasteiger partial charge is 0.384 e. The van der Waals surface area contributed by atoms with Gasteiger partial charge in [0.15, 0.2) is 0 Å². The molecule has 0 spiro atoms. The van der Waals surface area contributed by atoms with Crippen LogP contribution in [0.5, 0.6) is 0 Å². The lowest BCUT2D eigenvalue weighted by molar-refractivity contribution is -0.137. The molecule has 2 saturated carbocycles. The standard InChI is InChI=1S/C27H45F2N5O3/c1-30-11-12-32(2)16-22-24(20-5-8-26(9-6-20,18-36-3)19-37-4)23-17-33(13-14-34(23)31-22)25(35)21-7-10-27(28,29)15-21/h20-21,30H,5-19H2,1-4H3. The Labute approximate surface area is 220 Å². The molecule has 1 amide bonds. The van der Waals surface area contributed by atoms with E-state index in [4.69, 9.17) is 14.6 Å². The number of amides is 1. The number of ether oxygens (including phenoxy) is 2. The van der Waals surface area contributed by atoms with E-state index in [0.29, 0.717) is 38.8 Å². The highest BCUT2D eigenvalue weighted by molar-refractivity contribution is 5.79. The van der Waals surface area contributed by atoms with Crippen LogP contribution in [0.1, 0.15) is 67.8 Å². The van der Waals surface area contributed by atoms with E-state index in [-0.39, 0.29) is 30.6 Å². The summed E-state index contributed by atoms with van der Waals surface area (Å²) >= 11 is 0. The van der Waals surface area contributed by atoms with Gasteiger partial charge in [-0.2, -0.15) is 5.10 Å². The van der Waals surface area contributed by atoms with Crippen LogP contribution < -0.4 is 5.32 Å². The van der Waals surface area contributed by atoms with Gasteiger partial charge in [-0.15, -0.1) is 0 Å². The molecule has 1 aliphatic heterocycles. The third-order valence-corrected chi connectivity index (χ3v) is 8.68. The van der Waals surface area contributed by atoms with Gasteiger partial charge in [-0.25, -0.2) is 8.78 Å². The zero-order valence-electron chi connectivity index (χ0n) is 23.0. The van der Waals surface area contributed by atoms with Crippen LogP contribution in [-0.2, 0) is 33.9 Å². The average molecular weight is 526 g/mol. The molecule has 8 nitrogen and oxygen atoms in total. The van der Waals surface area contributed by atoms with E-state index in [9.17, 15) is 13.6 Å². The first-order valence-electron chi connectivity index (χ1n) is 13.8. The summed E-state index contributed by atoms with van der Waals surface area (Å²) in [5.41, 5.74) is 3.49. The van der Waals surface area contributed by atoms with E-state index < -0.39 is 11.8 Å². The van der Waals surface area contributed by atoms with Crippen LogP contribution in [-0.4, -0.2) is 92.6 Å². The minimum absolute atomic E-state index is 0.0344. The van der Waals surface area contributed by atoms with Crippen molar-refractivity contribution in [2.75, 3.05) is 61.2 Å². The number of aromatic nitrogens is 2. The predicted molar refractivity (Wildman–Crippen MR) is 138 cm³/mol. The molecule has 0 saturated heterocycles. The van der Waals surface area contributed by atoms with Gasteiger partial charge in [0, 0.05) is 70.1 Å². The molecule has 2 heterocycles. The van der Waals surface area contributed by atoms with E-state index in [1.165, 1.54) is 5.56 Å². The van der Waals surface area contributed by atoms with Crippen LogP contribution in [0.25, 0.3) is 0 Å². The van der Waals surface area contributed by atoms with E-state index in [1.807, 2.05) is 11.9 Å². The summed E-state index contributed by atoms with van der Waals surface area (Å²) in [7, 11) is 7.57. The Morgan fingerprint density at radius 3 is 2.43 bits per heavy atom. The lowest BCUT2D eigenvalue weighted by atomic mass is 9.69. The highest BCUT2D eigenvalue weighted by Gasteiger charge is 2.45. The van der Waals surface area contributed by atoms with Crippen molar-refractivity contribution in [3.8, 4) is 0 Å². The zero-order chi connectivity index (χ0) is 26.6. The molecule has 2 fully saturated rings. The quantitative estimate of drug-likeness (QED) is 0.478. The molecule has 2 aliphatic carbocycles. The molecule has 37 heavy (non-hydrogen) atoms. The van der Waals surface area contributed by atoms with Crippen molar-refractivity contribution in [1.29, 1.82) is 0 Å². The molecule has 0 bridgehead atoms. The maximum atomic E-state index is 13.8. The Hall–Kier alpha value is -1.62. The lowest BCUT2D eigenvalue weighted by Crippen LogP contribution is -2.42. The number of likely N-dealkylation sites (N-methyl/N-ethyl adjacent to an activating group) is 2. The molecule has 1 N–H and O–H groups in total. The van der Waals surface area contributed by atoms with Gasteiger partial charge in [-0.3, -0.25) is 14.4 Å². The molecular weight excluding hydrogens is 480 g/mol. The second kappa shape index (κ2) is 12.1. The first-order valence-corrected chi connectivity index (χ1v) is 13.8. The van der Waals surface area contributed by atoms with Gasteiger partial charge in [0.25, 0.3) is 0 Å². The molecule has 0 aromatic carbocycles.